The molecular weight excluding hydrogens is 478 g/mol. The van der Waals surface area contributed by atoms with Gasteiger partial charge in [0.2, 0.25) is 6.41 Å². The van der Waals surface area contributed by atoms with Crippen LogP contribution in [0.4, 0.5) is 11.5 Å². The van der Waals surface area contributed by atoms with E-state index in [0.29, 0.717) is 35.7 Å². The van der Waals surface area contributed by atoms with Gasteiger partial charge in [-0.05, 0) is 92.0 Å². The van der Waals surface area contributed by atoms with Crippen molar-refractivity contribution >= 4 is 35.5 Å². The molecule has 206 valence electrons. The lowest BCUT2D eigenvalue weighted by Crippen LogP contribution is -2.24. The smallest absolute Gasteiger partial charge is 0.211 e. The van der Waals surface area contributed by atoms with E-state index in [1.807, 2.05) is 43.3 Å². The Labute approximate surface area is 226 Å². The van der Waals surface area contributed by atoms with Crippen molar-refractivity contribution in [2.24, 2.45) is 23.3 Å². The average molecular weight is 522 g/mol. The number of aldehydes is 1. The Morgan fingerprint density at radius 1 is 1.13 bits per heavy atom. The van der Waals surface area contributed by atoms with E-state index in [2.05, 4.69) is 29.5 Å². The van der Waals surface area contributed by atoms with Gasteiger partial charge in [0.05, 0.1) is 6.10 Å². The Kier molecular flexibility index (Phi) is 13.1. The minimum absolute atomic E-state index is 0.454. The molecule has 1 unspecified atom stereocenters. The van der Waals surface area contributed by atoms with Crippen molar-refractivity contribution in [2.45, 2.75) is 59.0 Å². The molecule has 1 aliphatic carbocycles. The van der Waals surface area contributed by atoms with E-state index in [1.54, 1.807) is 13.2 Å². The van der Waals surface area contributed by atoms with Crippen LogP contribution < -0.4 is 22.1 Å². The maximum absolute atomic E-state index is 10.6. The summed E-state index contributed by atoms with van der Waals surface area (Å²) in [5.74, 6) is 1.91. The first kappa shape index (κ1) is 30.6. The average Bonchev–Trinajstić information content (AvgIpc) is 3.79. The van der Waals surface area contributed by atoms with Gasteiger partial charge in [0.25, 0.3) is 0 Å². The van der Waals surface area contributed by atoms with Crippen molar-refractivity contribution < 1.29 is 14.3 Å². The first-order valence-electron chi connectivity index (χ1n) is 13.2. The van der Waals surface area contributed by atoms with Crippen LogP contribution >= 0.6 is 0 Å². The van der Waals surface area contributed by atoms with Crippen molar-refractivity contribution in [3.63, 3.8) is 0 Å². The van der Waals surface area contributed by atoms with Crippen molar-refractivity contribution in [1.82, 2.24) is 4.98 Å². The molecule has 1 saturated heterocycles. The quantitative estimate of drug-likeness (QED) is 0.280. The topological polar surface area (TPSA) is 132 Å². The molecule has 8 nitrogen and oxygen atoms in total. The zero-order valence-electron chi connectivity index (χ0n) is 23.1. The second-order valence-electron chi connectivity index (χ2n) is 9.82. The number of hydrogen-bond acceptors (Lipinski definition) is 7. The van der Waals surface area contributed by atoms with Crippen LogP contribution in [0.15, 0.2) is 48.8 Å². The highest BCUT2D eigenvalue weighted by molar-refractivity contribution is 5.85. The molecule has 2 aromatic rings. The molecular formula is C30H43N5O3. The predicted molar refractivity (Wildman–Crippen MR) is 156 cm³/mol. The van der Waals surface area contributed by atoms with Crippen molar-refractivity contribution in [2.75, 3.05) is 24.3 Å². The number of aromatic nitrogens is 1. The molecule has 1 saturated carbocycles. The number of carbonyl (C=O) groups excluding carboxylic acids is 2. The molecule has 0 radical (unpaired) electrons. The summed E-state index contributed by atoms with van der Waals surface area (Å²) in [6, 6.07) is 9.30. The molecule has 1 atom stereocenters. The maximum atomic E-state index is 10.6. The lowest BCUT2D eigenvalue weighted by molar-refractivity contribution is -0.108. The number of carbonyl (C=O) groups is 2. The number of benzene rings is 1. The number of nitrogens with one attached hydrogen (secondary N) is 2. The summed E-state index contributed by atoms with van der Waals surface area (Å²) in [5, 5.41) is 5.61. The molecule has 38 heavy (non-hydrogen) atoms. The summed E-state index contributed by atoms with van der Waals surface area (Å²) in [7, 11) is 1.80. The number of nitrogens with two attached hydrogens (primary N) is 2. The van der Waals surface area contributed by atoms with E-state index in [1.165, 1.54) is 25.5 Å². The van der Waals surface area contributed by atoms with Crippen LogP contribution in [-0.4, -0.2) is 37.4 Å². The molecule has 2 heterocycles. The van der Waals surface area contributed by atoms with Crippen LogP contribution in [0.5, 0.6) is 0 Å². The normalized spacial score (nSPS) is 17.3. The highest BCUT2D eigenvalue weighted by Crippen LogP contribution is 2.25. The minimum atomic E-state index is 0.454. The fourth-order valence-electron chi connectivity index (χ4n) is 3.83. The largest absolute Gasteiger partial charge is 0.404 e. The highest BCUT2D eigenvalue weighted by Gasteiger charge is 2.19. The second kappa shape index (κ2) is 16.2. The lowest BCUT2D eigenvalue weighted by atomic mass is 9.99. The summed E-state index contributed by atoms with van der Waals surface area (Å²) < 4.78 is 5.54. The Hall–Kier alpha value is -3.65. The number of rotatable bonds is 8. The SMILES string of the molecule is CC(C)C1CCCCO1.CNc1cc(C(/C=C(\N)c2cc(NC=O)ccc2C)=C/N)ccn1.O=CC1CC1. The number of aryl methyl sites for hydroxylation is 1. The summed E-state index contributed by atoms with van der Waals surface area (Å²) in [6.45, 7) is 7.41. The van der Waals surface area contributed by atoms with Gasteiger partial charge in [0.15, 0.2) is 0 Å². The monoisotopic (exact) mass is 521 g/mol. The third-order valence-corrected chi connectivity index (χ3v) is 6.39. The molecule has 1 aromatic carbocycles. The van der Waals surface area contributed by atoms with Gasteiger partial charge < -0.3 is 31.6 Å². The number of amides is 1. The van der Waals surface area contributed by atoms with E-state index in [0.717, 1.165) is 53.8 Å². The molecule has 1 aliphatic heterocycles. The highest BCUT2D eigenvalue weighted by atomic mass is 16.5. The van der Waals surface area contributed by atoms with Crippen molar-refractivity contribution in [3.05, 3.63) is 65.5 Å². The van der Waals surface area contributed by atoms with Gasteiger partial charge in [-0.3, -0.25) is 4.79 Å². The molecule has 1 aromatic heterocycles. The van der Waals surface area contributed by atoms with E-state index in [4.69, 9.17) is 16.2 Å². The fraction of sp³-hybridized carbons (Fsp3) is 0.433. The number of ether oxygens (including phenoxy) is 1. The van der Waals surface area contributed by atoms with Crippen LogP contribution in [0.2, 0.25) is 0 Å². The number of nitrogens with zero attached hydrogens (tertiary/aromatic N) is 1. The Morgan fingerprint density at radius 2 is 1.89 bits per heavy atom. The molecule has 2 aliphatic rings. The molecule has 0 bridgehead atoms. The van der Waals surface area contributed by atoms with Gasteiger partial charge in [-0.15, -0.1) is 0 Å². The third-order valence-electron chi connectivity index (χ3n) is 6.39. The Morgan fingerprint density at radius 3 is 2.39 bits per heavy atom. The number of pyridine rings is 1. The van der Waals surface area contributed by atoms with Gasteiger partial charge in [0.1, 0.15) is 12.1 Å². The van der Waals surface area contributed by atoms with Gasteiger partial charge in [-0.25, -0.2) is 4.98 Å². The van der Waals surface area contributed by atoms with Crippen LogP contribution in [0.3, 0.4) is 0 Å². The number of hydrogen-bond donors (Lipinski definition) is 4. The molecule has 2 fully saturated rings. The minimum Gasteiger partial charge on any atom is -0.404 e. The lowest BCUT2D eigenvalue weighted by Gasteiger charge is -2.25. The molecule has 0 spiro atoms. The van der Waals surface area contributed by atoms with Gasteiger partial charge in [-0.1, -0.05) is 19.9 Å². The van der Waals surface area contributed by atoms with E-state index < -0.39 is 0 Å². The van der Waals surface area contributed by atoms with Crippen LogP contribution in [-0.2, 0) is 14.3 Å². The standard InChI is InChI=1S/C18H21N5O.C8H16O.C4H6O/c1-12-3-4-15(23-11-24)9-16(12)17(20)7-14(10-19)13-5-6-22-18(8-13)21-2;1-7(2)8-5-3-4-6-9-8;5-3-4-1-2-4/h3-11H,19-20H2,1-2H3,(H,21,22)(H,23,24);7-8H,3-6H2,1-2H3;3-4H,1-2H2/b14-10+,17-7-;;. The molecule has 8 heteroatoms. The zero-order chi connectivity index (χ0) is 27.9. The van der Waals surface area contributed by atoms with Crippen molar-refractivity contribution in [3.8, 4) is 0 Å². The first-order chi connectivity index (χ1) is 18.3. The van der Waals surface area contributed by atoms with E-state index in [9.17, 15) is 9.59 Å². The summed E-state index contributed by atoms with van der Waals surface area (Å²) in [6.07, 6.45) is 13.4. The predicted octanol–water partition coefficient (Wildman–Crippen LogP) is 5.11. The van der Waals surface area contributed by atoms with E-state index >= 15 is 0 Å². The second-order valence-corrected chi connectivity index (χ2v) is 9.82. The molecule has 6 N–H and O–H groups in total. The van der Waals surface area contributed by atoms with Crippen LogP contribution in [0.25, 0.3) is 11.3 Å². The molecule has 1 amide bonds. The molecule has 4 rings (SSSR count). The van der Waals surface area contributed by atoms with E-state index in [-0.39, 0.29) is 0 Å². The zero-order valence-corrected chi connectivity index (χ0v) is 23.1. The fourth-order valence-corrected chi connectivity index (χ4v) is 3.83. The van der Waals surface area contributed by atoms with Gasteiger partial charge in [0, 0.05) is 48.9 Å². The summed E-state index contributed by atoms with van der Waals surface area (Å²) in [4.78, 5) is 24.4. The Bertz CT molecular complexity index is 1090. The Balaban J connectivity index is 0.000000292. The van der Waals surface area contributed by atoms with Crippen LogP contribution in [0.1, 0.15) is 62.6 Å². The summed E-state index contributed by atoms with van der Waals surface area (Å²) >= 11 is 0. The maximum Gasteiger partial charge on any atom is 0.211 e. The van der Waals surface area contributed by atoms with Gasteiger partial charge >= 0.3 is 0 Å². The van der Waals surface area contributed by atoms with Crippen LogP contribution in [0, 0.1) is 18.8 Å². The third kappa shape index (κ3) is 10.4. The summed E-state index contributed by atoms with van der Waals surface area (Å²) in [5.41, 5.74) is 16.8. The first-order valence-corrected chi connectivity index (χ1v) is 13.2. The number of anilines is 2. The van der Waals surface area contributed by atoms with Gasteiger partial charge in [-0.2, -0.15) is 0 Å². The van der Waals surface area contributed by atoms with Crippen molar-refractivity contribution in [1.29, 1.82) is 0 Å². The number of allylic oxidation sites excluding steroid dienone is 2.